The second kappa shape index (κ2) is 6.71. The zero-order valence-corrected chi connectivity index (χ0v) is 12.5. The number of phenolic OH excluding ortho intramolecular Hbond substituents is 1. The highest BCUT2D eigenvalue weighted by Crippen LogP contribution is 2.30. The van der Waals surface area contributed by atoms with E-state index in [0.29, 0.717) is 17.2 Å². The van der Waals surface area contributed by atoms with Crippen LogP contribution in [-0.2, 0) is 4.74 Å². The molecule has 1 heterocycles. The number of carbonyl (C=O) groups is 1. The summed E-state index contributed by atoms with van der Waals surface area (Å²) in [6, 6.07) is 4.81. The van der Waals surface area contributed by atoms with Gasteiger partial charge in [0.25, 0.3) is 0 Å². The monoisotopic (exact) mass is 303 g/mol. The number of aromatic nitrogens is 1. The number of nitrogens with one attached hydrogen (secondary N) is 1. The minimum Gasteiger partial charge on any atom is -0.507 e. The van der Waals surface area contributed by atoms with Gasteiger partial charge in [0, 0.05) is 18.3 Å². The van der Waals surface area contributed by atoms with Crippen LogP contribution < -0.4 is 9.47 Å². The minimum absolute atomic E-state index is 0.0852. The molecule has 0 amide bonds. The summed E-state index contributed by atoms with van der Waals surface area (Å²) in [7, 11) is 4.31. The molecule has 0 unspecified atom stereocenters. The third kappa shape index (κ3) is 3.22. The Kier molecular flexibility index (Phi) is 4.73. The molecule has 0 saturated carbocycles. The minimum atomic E-state index is -0.619. The SMILES string of the molecule is COC(=O)c1c(O)cc(OC)cc1/C=C/c1c[nH]c(OC)c1. The van der Waals surface area contributed by atoms with Crippen molar-refractivity contribution in [1.82, 2.24) is 4.98 Å². The summed E-state index contributed by atoms with van der Waals surface area (Å²) in [5.74, 6) is 0.252. The van der Waals surface area contributed by atoms with Crippen molar-refractivity contribution in [3.05, 3.63) is 41.1 Å². The fourth-order valence-corrected chi connectivity index (χ4v) is 1.98. The largest absolute Gasteiger partial charge is 0.507 e. The molecule has 6 nitrogen and oxygen atoms in total. The highest BCUT2D eigenvalue weighted by atomic mass is 16.5. The lowest BCUT2D eigenvalue weighted by molar-refractivity contribution is 0.0597. The van der Waals surface area contributed by atoms with E-state index < -0.39 is 5.97 Å². The van der Waals surface area contributed by atoms with Crippen molar-refractivity contribution in [2.24, 2.45) is 0 Å². The smallest absolute Gasteiger partial charge is 0.342 e. The van der Waals surface area contributed by atoms with Gasteiger partial charge in [0.2, 0.25) is 0 Å². The summed E-state index contributed by atoms with van der Waals surface area (Å²) in [4.78, 5) is 14.8. The van der Waals surface area contributed by atoms with Crippen LogP contribution in [0.15, 0.2) is 24.4 Å². The molecule has 2 aromatic rings. The Balaban J connectivity index is 2.43. The normalized spacial score (nSPS) is 10.7. The first-order valence-corrected chi connectivity index (χ1v) is 6.48. The number of aromatic amines is 1. The third-order valence-corrected chi connectivity index (χ3v) is 3.10. The van der Waals surface area contributed by atoms with Gasteiger partial charge < -0.3 is 24.3 Å². The molecule has 0 aliphatic rings. The fourth-order valence-electron chi connectivity index (χ4n) is 1.98. The summed E-state index contributed by atoms with van der Waals surface area (Å²) < 4.78 is 14.9. The summed E-state index contributed by atoms with van der Waals surface area (Å²) >= 11 is 0. The summed E-state index contributed by atoms with van der Waals surface area (Å²) in [6.07, 6.45) is 5.23. The van der Waals surface area contributed by atoms with Gasteiger partial charge in [-0.25, -0.2) is 4.79 Å². The summed E-state index contributed by atoms with van der Waals surface area (Å²) in [5.41, 5.74) is 1.43. The number of rotatable bonds is 5. The van der Waals surface area contributed by atoms with Crippen molar-refractivity contribution >= 4 is 18.1 Å². The zero-order valence-electron chi connectivity index (χ0n) is 12.5. The van der Waals surface area contributed by atoms with E-state index in [4.69, 9.17) is 14.2 Å². The topological polar surface area (TPSA) is 80.8 Å². The van der Waals surface area contributed by atoms with Gasteiger partial charge in [-0.1, -0.05) is 12.2 Å². The van der Waals surface area contributed by atoms with Gasteiger partial charge in [-0.05, 0) is 17.2 Å². The number of H-pyrrole nitrogens is 1. The first kappa shape index (κ1) is 15.5. The number of esters is 1. The Morgan fingerprint density at radius 2 is 1.91 bits per heavy atom. The Hall–Kier alpha value is -2.89. The molecule has 22 heavy (non-hydrogen) atoms. The van der Waals surface area contributed by atoms with E-state index >= 15 is 0 Å². The van der Waals surface area contributed by atoms with Crippen molar-refractivity contribution in [3.8, 4) is 17.4 Å². The molecule has 1 aromatic carbocycles. The number of methoxy groups -OCH3 is 3. The first-order valence-electron chi connectivity index (χ1n) is 6.48. The molecule has 0 atom stereocenters. The van der Waals surface area contributed by atoms with Gasteiger partial charge in [-0.3, -0.25) is 0 Å². The Morgan fingerprint density at radius 1 is 1.14 bits per heavy atom. The van der Waals surface area contributed by atoms with Gasteiger partial charge >= 0.3 is 5.97 Å². The van der Waals surface area contributed by atoms with Crippen LogP contribution >= 0.6 is 0 Å². The van der Waals surface area contributed by atoms with E-state index in [1.807, 2.05) is 0 Å². The van der Waals surface area contributed by atoms with E-state index in [1.165, 1.54) is 20.3 Å². The number of hydrogen-bond donors (Lipinski definition) is 2. The zero-order chi connectivity index (χ0) is 16.1. The highest BCUT2D eigenvalue weighted by molar-refractivity contribution is 5.98. The second-order valence-corrected chi connectivity index (χ2v) is 4.44. The van der Waals surface area contributed by atoms with Gasteiger partial charge in [0.05, 0.1) is 21.3 Å². The van der Waals surface area contributed by atoms with Crippen molar-refractivity contribution in [1.29, 1.82) is 0 Å². The van der Waals surface area contributed by atoms with Crippen LogP contribution in [0.4, 0.5) is 0 Å². The average molecular weight is 303 g/mol. The average Bonchev–Trinajstić information content (AvgIpc) is 2.99. The van der Waals surface area contributed by atoms with E-state index in [1.54, 1.807) is 37.6 Å². The quantitative estimate of drug-likeness (QED) is 0.830. The van der Waals surface area contributed by atoms with Crippen molar-refractivity contribution in [2.45, 2.75) is 0 Å². The standard InChI is InChI=1S/C16H17NO5/c1-20-12-7-11(15(13(18)8-12)16(19)22-3)5-4-10-6-14(21-2)17-9-10/h4-9,17-18H,1-3H3/b5-4+. The molecule has 0 bridgehead atoms. The molecule has 6 heteroatoms. The van der Waals surface area contributed by atoms with E-state index in [0.717, 1.165) is 5.56 Å². The number of aromatic hydroxyl groups is 1. The first-order chi connectivity index (χ1) is 10.6. The van der Waals surface area contributed by atoms with E-state index in [2.05, 4.69) is 4.98 Å². The van der Waals surface area contributed by atoms with Crippen molar-refractivity contribution in [2.75, 3.05) is 21.3 Å². The molecule has 0 spiro atoms. The lowest BCUT2D eigenvalue weighted by atomic mass is 10.0. The Morgan fingerprint density at radius 3 is 2.50 bits per heavy atom. The molecule has 2 rings (SSSR count). The van der Waals surface area contributed by atoms with Crippen LogP contribution in [0.3, 0.4) is 0 Å². The van der Waals surface area contributed by atoms with Crippen LogP contribution in [-0.4, -0.2) is 37.4 Å². The molecular formula is C16H17NO5. The molecule has 0 fully saturated rings. The van der Waals surface area contributed by atoms with Crippen molar-refractivity contribution in [3.63, 3.8) is 0 Å². The Bertz CT molecular complexity index is 703. The van der Waals surface area contributed by atoms with Gasteiger partial charge in [-0.2, -0.15) is 0 Å². The number of ether oxygens (including phenoxy) is 3. The predicted octanol–water partition coefficient (Wildman–Crippen LogP) is 2.69. The maximum absolute atomic E-state index is 11.8. The molecule has 2 N–H and O–H groups in total. The second-order valence-electron chi connectivity index (χ2n) is 4.44. The number of carbonyl (C=O) groups excluding carboxylic acids is 1. The molecule has 0 aliphatic heterocycles. The van der Waals surface area contributed by atoms with Crippen LogP contribution in [0.25, 0.3) is 12.2 Å². The van der Waals surface area contributed by atoms with Crippen LogP contribution in [0.5, 0.6) is 17.4 Å². The fraction of sp³-hybridized carbons (Fsp3) is 0.188. The lowest BCUT2D eigenvalue weighted by Gasteiger charge is -2.09. The number of phenols is 1. The van der Waals surface area contributed by atoms with Gasteiger partial charge in [0.15, 0.2) is 5.88 Å². The molecule has 0 saturated heterocycles. The van der Waals surface area contributed by atoms with Crippen LogP contribution in [0.2, 0.25) is 0 Å². The molecule has 0 aliphatic carbocycles. The molecule has 0 radical (unpaired) electrons. The summed E-state index contributed by atoms with van der Waals surface area (Å²) in [6.45, 7) is 0. The molecule has 116 valence electrons. The van der Waals surface area contributed by atoms with Gasteiger partial charge in [0.1, 0.15) is 17.1 Å². The lowest BCUT2D eigenvalue weighted by Crippen LogP contribution is -2.04. The molecule has 1 aromatic heterocycles. The maximum Gasteiger partial charge on any atom is 0.342 e. The van der Waals surface area contributed by atoms with E-state index in [9.17, 15) is 9.90 Å². The predicted molar refractivity (Wildman–Crippen MR) is 82.3 cm³/mol. The Labute approximate surface area is 127 Å². The highest BCUT2D eigenvalue weighted by Gasteiger charge is 2.17. The van der Waals surface area contributed by atoms with Crippen molar-refractivity contribution < 1.29 is 24.1 Å². The molecular weight excluding hydrogens is 286 g/mol. The van der Waals surface area contributed by atoms with Crippen LogP contribution in [0, 0.1) is 0 Å². The maximum atomic E-state index is 11.8. The van der Waals surface area contributed by atoms with E-state index in [-0.39, 0.29) is 11.3 Å². The third-order valence-electron chi connectivity index (χ3n) is 3.10. The van der Waals surface area contributed by atoms with Gasteiger partial charge in [-0.15, -0.1) is 0 Å². The van der Waals surface area contributed by atoms with Crippen LogP contribution in [0.1, 0.15) is 21.5 Å². The number of hydrogen-bond acceptors (Lipinski definition) is 5. The summed E-state index contributed by atoms with van der Waals surface area (Å²) in [5, 5.41) is 10.0. The number of benzene rings is 1.